The predicted molar refractivity (Wildman–Crippen MR) is 51.0 cm³/mol. The maximum absolute atomic E-state index is 8.62. The molecule has 0 spiro atoms. The quantitative estimate of drug-likeness (QED) is 0.408. The molecule has 0 atom stereocenters. The van der Waals surface area contributed by atoms with Crippen LogP contribution in [0.3, 0.4) is 0 Å². The Kier molecular flexibility index (Phi) is 5.24. The molecule has 0 aliphatic carbocycles. The van der Waals surface area contributed by atoms with Crippen LogP contribution in [0.25, 0.3) is 0 Å². The molecule has 0 aromatic carbocycles. The third-order valence-corrected chi connectivity index (χ3v) is 2.37. The molecular formula is C7H13IO3. The average Bonchev–Trinajstić information content (AvgIpc) is 1.86. The summed E-state index contributed by atoms with van der Waals surface area (Å²) < 4.78 is 0.156. The van der Waals surface area contributed by atoms with E-state index in [1.54, 1.807) is 28.7 Å². The Morgan fingerprint density at radius 3 is 2.36 bits per heavy atom. The van der Waals surface area contributed by atoms with Gasteiger partial charge in [-0.3, -0.25) is 0 Å². The minimum Gasteiger partial charge on any atom is -0.339 e. The average molecular weight is 272 g/mol. The Bertz CT molecular complexity index is 137. The molecule has 3 N–H and O–H groups in total. The van der Waals surface area contributed by atoms with Gasteiger partial charge < -0.3 is 15.3 Å². The van der Waals surface area contributed by atoms with Gasteiger partial charge in [-0.15, -0.1) is 0 Å². The van der Waals surface area contributed by atoms with Crippen molar-refractivity contribution in [2.24, 2.45) is 0 Å². The van der Waals surface area contributed by atoms with Crippen LogP contribution in [0.2, 0.25) is 0 Å². The molecule has 0 aromatic rings. The summed E-state index contributed by atoms with van der Waals surface area (Å²) in [5.74, 6) is -2.64. The molecular weight excluding hydrogens is 259 g/mol. The summed E-state index contributed by atoms with van der Waals surface area (Å²) in [6.45, 7) is 2.05. The normalized spacial score (nSPS) is 13.7. The van der Waals surface area contributed by atoms with E-state index in [4.69, 9.17) is 15.3 Å². The molecule has 0 aliphatic heterocycles. The molecule has 0 fully saturated rings. The lowest BCUT2D eigenvalue weighted by Gasteiger charge is -2.12. The van der Waals surface area contributed by atoms with E-state index >= 15 is 0 Å². The van der Waals surface area contributed by atoms with Gasteiger partial charge in [0, 0.05) is 0 Å². The Morgan fingerprint density at radius 2 is 2.00 bits per heavy atom. The lowest BCUT2D eigenvalue weighted by atomic mass is 10.2. The first-order valence-electron chi connectivity index (χ1n) is 3.51. The Labute approximate surface area is 79.9 Å². The van der Waals surface area contributed by atoms with Crippen LogP contribution in [0.15, 0.2) is 9.66 Å². The third kappa shape index (κ3) is 5.60. The van der Waals surface area contributed by atoms with Crippen LogP contribution in [0.5, 0.6) is 0 Å². The number of hydrogen-bond donors (Lipinski definition) is 3. The SMILES string of the molecule is CCCCC=C(I)C(O)(O)O. The molecule has 0 amide bonds. The molecule has 3 nitrogen and oxygen atoms in total. The van der Waals surface area contributed by atoms with Gasteiger partial charge in [0.25, 0.3) is 0 Å². The number of aliphatic hydroxyl groups is 3. The Morgan fingerprint density at radius 1 is 1.45 bits per heavy atom. The summed E-state index contributed by atoms with van der Waals surface area (Å²) in [5, 5.41) is 25.9. The van der Waals surface area contributed by atoms with E-state index in [0.29, 0.717) is 0 Å². The Balaban J connectivity index is 3.81. The molecule has 11 heavy (non-hydrogen) atoms. The maximum atomic E-state index is 8.62. The van der Waals surface area contributed by atoms with Gasteiger partial charge in [0.1, 0.15) is 0 Å². The van der Waals surface area contributed by atoms with Crippen LogP contribution in [-0.2, 0) is 0 Å². The maximum Gasteiger partial charge on any atom is 0.310 e. The molecule has 0 heterocycles. The van der Waals surface area contributed by atoms with E-state index in [-0.39, 0.29) is 3.58 Å². The van der Waals surface area contributed by atoms with E-state index in [1.807, 2.05) is 6.92 Å². The fourth-order valence-corrected chi connectivity index (χ4v) is 0.881. The van der Waals surface area contributed by atoms with Crippen LogP contribution in [0.4, 0.5) is 0 Å². The van der Waals surface area contributed by atoms with Gasteiger partial charge in [0.05, 0.1) is 3.58 Å². The minimum absolute atomic E-state index is 0.156. The predicted octanol–water partition coefficient (Wildman–Crippen LogP) is 1.13. The molecule has 0 aromatic heterocycles. The van der Waals surface area contributed by atoms with Crippen molar-refractivity contribution < 1.29 is 15.3 Å². The van der Waals surface area contributed by atoms with Gasteiger partial charge in [0.2, 0.25) is 0 Å². The summed E-state index contributed by atoms with van der Waals surface area (Å²) in [6, 6.07) is 0. The lowest BCUT2D eigenvalue weighted by molar-refractivity contribution is -0.274. The van der Waals surface area contributed by atoms with E-state index in [2.05, 4.69) is 0 Å². The van der Waals surface area contributed by atoms with Crippen LogP contribution in [0.1, 0.15) is 26.2 Å². The van der Waals surface area contributed by atoms with Crippen molar-refractivity contribution >= 4 is 22.6 Å². The van der Waals surface area contributed by atoms with Crippen molar-refractivity contribution in [2.75, 3.05) is 0 Å². The molecule has 0 unspecified atom stereocenters. The summed E-state index contributed by atoms with van der Waals surface area (Å²) in [4.78, 5) is 0. The zero-order chi connectivity index (χ0) is 8.91. The van der Waals surface area contributed by atoms with E-state index in [1.165, 1.54) is 0 Å². The van der Waals surface area contributed by atoms with E-state index in [9.17, 15) is 0 Å². The second-order valence-corrected chi connectivity index (χ2v) is 3.49. The van der Waals surface area contributed by atoms with Crippen molar-refractivity contribution in [3.8, 4) is 0 Å². The second kappa shape index (κ2) is 5.08. The first-order valence-corrected chi connectivity index (χ1v) is 4.59. The van der Waals surface area contributed by atoms with Crippen molar-refractivity contribution in [2.45, 2.75) is 32.2 Å². The topological polar surface area (TPSA) is 60.7 Å². The molecule has 0 aliphatic rings. The first-order chi connectivity index (χ1) is 4.98. The summed E-state index contributed by atoms with van der Waals surface area (Å²) in [6.07, 6.45) is 4.42. The highest BCUT2D eigenvalue weighted by Gasteiger charge is 2.21. The van der Waals surface area contributed by atoms with Crippen molar-refractivity contribution in [1.29, 1.82) is 0 Å². The van der Waals surface area contributed by atoms with Gasteiger partial charge in [-0.1, -0.05) is 25.8 Å². The molecule has 0 saturated carbocycles. The Hall–Kier alpha value is 0.350. The molecule has 0 saturated heterocycles. The standard InChI is InChI=1S/C7H13IO3/c1-2-3-4-5-6(8)7(9,10)11/h5,9-11H,2-4H2,1H3. The van der Waals surface area contributed by atoms with Crippen LogP contribution >= 0.6 is 22.6 Å². The van der Waals surface area contributed by atoms with Crippen molar-refractivity contribution in [3.05, 3.63) is 9.66 Å². The molecule has 4 heteroatoms. The molecule has 0 radical (unpaired) electrons. The van der Waals surface area contributed by atoms with Crippen LogP contribution in [0, 0.1) is 0 Å². The number of unbranched alkanes of at least 4 members (excludes halogenated alkanes) is 2. The summed E-state index contributed by atoms with van der Waals surface area (Å²) >= 11 is 1.70. The highest BCUT2D eigenvalue weighted by atomic mass is 127. The number of halogens is 1. The van der Waals surface area contributed by atoms with Crippen molar-refractivity contribution in [1.82, 2.24) is 0 Å². The van der Waals surface area contributed by atoms with E-state index in [0.717, 1.165) is 19.3 Å². The molecule has 0 rings (SSSR count). The fraction of sp³-hybridized carbons (Fsp3) is 0.714. The number of rotatable bonds is 4. The third-order valence-electron chi connectivity index (χ3n) is 1.20. The highest BCUT2D eigenvalue weighted by molar-refractivity contribution is 14.1. The monoisotopic (exact) mass is 272 g/mol. The zero-order valence-electron chi connectivity index (χ0n) is 6.42. The van der Waals surface area contributed by atoms with Gasteiger partial charge in [-0.2, -0.15) is 0 Å². The van der Waals surface area contributed by atoms with Crippen LogP contribution in [-0.4, -0.2) is 21.3 Å². The smallest absolute Gasteiger partial charge is 0.310 e. The summed E-state index contributed by atoms with van der Waals surface area (Å²) in [5.41, 5.74) is 0. The van der Waals surface area contributed by atoms with E-state index < -0.39 is 5.97 Å². The van der Waals surface area contributed by atoms with Gasteiger partial charge >= 0.3 is 5.97 Å². The van der Waals surface area contributed by atoms with Gasteiger partial charge in [-0.05, 0) is 29.0 Å². The first kappa shape index (κ1) is 11.4. The lowest BCUT2D eigenvalue weighted by Crippen LogP contribution is -2.26. The minimum atomic E-state index is -2.64. The van der Waals surface area contributed by atoms with Gasteiger partial charge in [-0.25, -0.2) is 0 Å². The molecule has 0 bridgehead atoms. The fourth-order valence-electron chi connectivity index (χ4n) is 0.570. The summed E-state index contributed by atoms with van der Waals surface area (Å²) in [7, 11) is 0. The molecule has 66 valence electrons. The van der Waals surface area contributed by atoms with Crippen molar-refractivity contribution in [3.63, 3.8) is 0 Å². The van der Waals surface area contributed by atoms with Crippen LogP contribution < -0.4 is 0 Å². The van der Waals surface area contributed by atoms with Gasteiger partial charge in [0.15, 0.2) is 0 Å². The second-order valence-electron chi connectivity index (χ2n) is 2.33. The number of allylic oxidation sites excluding steroid dienone is 1. The highest BCUT2D eigenvalue weighted by Crippen LogP contribution is 2.18. The zero-order valence-corrected chi connectivity index (χ0v) is 8.58. The number of hydrogen-bond acceptors (Lipinski definition) is 3. The largest absolute Gasteiger partial charge is 0.339 e.